The molecule has 126 valence electrons. The van der Waals surface area contributed by atoms with Gasteiger partial charge >= 0.3 is 5.97 Å². The minimum atomic E-state index is -0.442. The number of para-hydroxylation sites is 1. The number of halogens is 1. The summed E-state index contributed by atoms with van der Waals surface area (Å²) in [5, 5.41) is 6.88. The summed E-state index contributed by atoms with van der Waals surface area (Å²) in [5.74, 6) is 0.334. The van der Waals surface area contributed by atoms with E-state index in [1.54, 1.807) is 25.3 Å². The molecule has 0 aliphatic carbocycles. The van der Waals surface area contributed by atoms with Crippen LogP contribution in [0.1, 0.15) is 15.9 Å². The Morgan fingerprint density at radius 2 is 1.96 bits per heavy atom. The van der Waals surface area contributed by atoms with Gasteiger partial charge in [-0.25, -0.2) is 4.79 Å². The molecule has 0 atom stereocenters. The van der Waals surface area contributed by atoms with Gasteiger partial charge in [0.05, 0.1) is 30.5 Å². The number of benzene rings is 2. The predicted molar refractivity (Wildman–Crippen MR) is 98.8 cm³/mol. The maximum absolute atomic E-state index is 11.6. The van der Waals surface area contributed by atoms with E-state index < -0.39 is 5.97 Å². The molecule has 2 aromatic rings. The standard InChI is InChI=1S/C17H17ClN2O3S/c1-22-15-6-4-3-5-12(15)10-19-17(24)20-14-9-11(16(21)23-2)7-8-13(14)18/h3-9H,10H2,1-2H3,(H2,19,20,24). The highest BCUT2D eigenvalue weighted by Crippen LogP contribution is 2.23. The van der Waals surface area contributed by atoms with Crippen LogP contribution in [0, 0.1) is 0 Å². The Kier molecular flexibility index (Phi) is 6.40. The molecule has 2 aromatic carbocycles. The molecule has 0 amide bonds. The summed E-state index contributed by atoms with van der Waals surface area (Å²) in [5.41, 5.74) is 1.88. The number of thiocarbonyl (C=S) groups is 1. The van der Waals surface area contributed by atoms with Crippen molar-refractivity contribution in [2.75, 3.05) is 19.5 Å². The molecule has 0 bridgehead atoms. The van der Waals surface area contributed by atoms with Crippen molar-refractivity contribution in [1.82, 2.24) is 5.32 Å². The topological polar surface area (TPSA) is 59.6 Å². The van der Waals surface area contributed by atoms with Gasteiger partial charge in [0.15, 0.2) is 5.11 Å². The SMILES string of the molecule is COC(=O)c1ccc(Cl)c(NC(=S)NCc2ccccc2OC)c1. The summed E-state index contributed by atoms with van der Waals surface area (Å²) in [6.45, 7) is 0.490. The summed E-state index contributed by atoms with van der Waals surface area (Å²) >= 11 is 11.4. The van der Waals surface area contributed by atoms with E-state index in [0.717, 1.165) is 11.3 Å². The molecule has 0 fully saturated rings. The van der Waals surface area contributed by atoms with E-state index in [0.29, 0.717) is 27.9 Å². The van der Waals surface area contributed by atoms with Crippen molar-refractivity contribution >= 4 is 40.6 Å². The molecule has 0 unspecified atom stereocenters. The monoisotopic (exact) mass is 364 g/mol. The highest BCUT2D eigenvalue weighted by molar-refractivity contribution is 7.80. The van der Waals surface area contributed by atoms with E-state index >= 15 is 0 Å². The van der Waals surface area contributed by atoms with Gasteiger partial charge in [-0.05, 0) is 36.5 Å². The number of anilines is 1. The van der Waals surface area contributed by atoms with Crippen molar-refractivity contribution in [3.8, 4) is 5.75 Å². The first-order valence-corrected chi connectivity index (χ1v) is 7.88. The molecule has 2 rings (SSSR count). The normalized spacial score (nSPS) is 9.96. The van der Waals surface area contributed by atoms with Gasteiger partial charge in [-0.15, -0.1) is 0 Å². The largest absolute Gasteiger partial charge is 0.496 e. The van der Waals surface area contributed by atoms with Crippen molar-refractivity contribution in [2.24, 2.45) is 0 Å². The molecule has 0 spiro atoms. The Balaban J connectivity index is 2.03. The van der Waals surface area contributed by atoms with Gasteiger partial charge in [0.2, 0.25) is 0 Å². The maximum Gasteiger partial charge on any atom is 0.337 e. The number of hydrogen-bond acceptors (Lipinski definition) is 4. The average molecular weight is 365 g/mol. The zero-order chi connectivity index (χ0) is 17.5. The predicted octanol–water partition coefficient (Wildman–Crippen LogP) is 3.62. The fourth-order valence-electron chi connectivity index (χ4n) is 2.06. The summed E-state index contributed by atoms with van der Waals surface area (Å²) in [7, 11) is 2.94. The van der Waals surface area contributed by atoms with Crippen molar-refractivity contribution in [3.05, 3.63) is 58.6 Å². The third kappa shape index (κ3) is 4.59. The van der Waals surface area contributed by atoms with E-state index in [1.165, 1.54) is 7.11 Å². The molecule has 0 aliphatic rings. The van der Waals surface area contributed by atoms with Gasteiger partial charge in [0, 0.05) is 12.1 Å². The smallest absolute Gasteiger partial charge is 0.337 e. The summed E-state index contributed by atoms with van der Waals surface area (Å²) in [6.07, 6.45) is 0. The Bertz CT molecular complexity index is 752. The number of esters is 1. The van der Waals surface area contributed by atoms with Crippen LogP contribution in [0.4, 0.5) is 5.69 Å². The number of methoxy groups -OCH3 is 2. The van der Waals surface area contributed by atoms with E-state index in [9.17, 15) is 4.79 Å². The molecule has 0 saturated heterocycles. The minimum Gasteiger partial charge on any atom is -0.496 e. The van der Waals surface area contributed by atoms with Crippen LogP contribution in [0.2, 0.25) is 5.02 Å². The van der Waals surface area contributed by atoms with Gasteiger partial charge in [0.25, 0.3) is 0 Å². The number of nitrogens with one attached hydrogen (secondary N) is 2. The van der Waals surface area contributed by atoms with Crippen LogP contribution in [-0.4, -0.2) is 25.3 Å². The van der Waals surface area contributed by atoms with E-state index in [4.69, 9.17) is 33.3 Å². The lowest BCUT2D eigenvalue weighted by molar-refractivity contribution is 0.0601. The lowest BCUT2D eigenvalue weighted by atomic mass is 10.2. The second kappa shape index (κ2) is 8.52. The first kappa shape index (κ1) is 18.0. The zero-order valence-corrected chi connectivity index (χ0v) is 14.8. The highest BCUT2D eigenvalue weighted by atomic mass is 35.5. The highest BCUT2D eigenvalue weighted by Gasteiger charge is 2.10. The van der Waals surface area contributed by atoms with E-state index in [1.807, 2.05) is 24.3 Å². The van der Waals surface area contributed by atoms with Gasteiger partial charge in [-0.1, -0.05) is 29.8 Å². The molecule has 5 nitrogen and oxygen atoms in total. The van der Waals surface area contributed by atoms with E-state index in [2.05, 4.69) is 10.6 Å². The number of hydrogen-bond donors (Lipinski definition) is 2. The zero-order valence-electron chi connectivity index (χ0n) is 13.3. The third-order valence-electron chi connectivity index (χ3n) is 3.27. The average Bonchev–Trinajstić information content (AvgIpc) is 2.61. The van der Waals surface area contributed by atoms with Crippen LogP contribution in [0.15, 0.2) is 42.5 Å². The molecule has 0 saturated carbocycles. The molecular weight excluding hydrogens is 348 g/mol. The van der Waals surface area contributed by atoms with E-state index in [-0.39, 0.29) is 0 Å². The Morgan fingerprint density at radius 3 is 2.67 bits per heavy atom. The van der Waals surface area contributed by atoms with Crippen LogP contribution >= 0.6 is 23.8 Å². The third-order valence-corrected chi connectivity index (χ3v) is 3.84. The number of carbonyl (C=O) groups is 1. The van der Waals surface area contributed by atoms with Crippen LogP contribution in [0.25, 0.3) is 0 Å². The Labute approximate surface area is 150 Å². The van der Waals surface area contributed by atoms with Crippen LogP contribution in [0.3, 0.4) is 0 Å². The minimum absolute atomic E-state index is 0.379. The van der Waals surface area contributed by atoms with Gasteiger partial charge in [-0.3, -0.25) is 0 Å². The second-order valence-corrected chi connectivity index (χ2v) is 5.62. The lowest BCUT2D eigenvalue weighted by Crippen LogP contribution is -2.28. The fraction of sp³-hybridized carbons (Fsp3) is 0.176. The number of carbonyl (C=O) groups excluding carboxylic acids is 1. The number of rotatable bonds is 5. The lowest BCUT2D eigenvalue weighted by Gasteiger charge is -2.14. The van der Waals surface area contributed by atoms with Gasteiger partial charge < -0.3 is 20.1 Å². The molecule has 0 heterocycles. The number of ether oxygens (including phenoxy) is 2. The van der Waals surface area contributed by atoms with Gasteiger partial charge in [-0.2, -0.15) is 0 Å². The summed E-state index contributed by atoms with van der Waals surface area (Å²) in [6, 6.07) is 12.4. The second-order valence-electron chi connectivity index (χ2n) is 4.81. The summed E-state index contributed by atoms with van der Waals surface area (Å²) < 4.78 is 9.99. The molecule has 0 aromatic heterocycles. The first-order chi connectivity index (χ1) is 11.5. The molecule has 0 aliphatic heterocycles. The molecule has 2 N–H and O–H groups in total. The van der Waals surface area contributed by atoms with Crippen molar-refractivity contribution in [3.63, 3.8) is 0 Å². The van der Waals surface area contributed by atoms with Crippen LogP contribution in [0.5, 0.6) is 5.75 Å². The maximum atomic E-state index is 11.6. The Morgan fingerprint density at radius 1 is 1.21 bits per heavy atom. The van der Waals surface area contributed by atoms with Crippen molar-refractivity contribution in [1.29, 1.82) is 0 Å². The molecular formula is C17H17ClN2O3S. The van der Waals surface area contributed by atoms with Crippen molar-refractivity contribution in [2.45, 2.75) is 6.54 Å². The van der Waals surface area contributed by atoms with Crippen molar-refractivity contribution < 1.29 is 14.3 Å². The quantitative estimate of drug-likeness (QED) is 0.624. The van der Waals surface area contributed by atoms with Crippen LogP contribution in [-0.2, 0) is 11.3 Å². The molecule has 7 heteroatoms. The molecule has 0 radical (unpaired) electrons. The first-order valence-electron chi connectivity index (χ1n) is 7.09. The summed E-state index contributed by atoms with van der Waals surface area (Å²) in [4.78, 5) is 11.6. The van der Waals surface area contributed by atoms with Gasteiger partial charge in [0.1, 0.15) is 5.75 Å². The van der Waals surface area contributed by atoms with Crippen LogP contribution < -0.4 is 15.4 Å². The Hall–Kier alpha value is -2.31. The molecule has 24 heavy (non-hydrogen) atoms. The fourth-order valence-corrected chi connectivity index (χ4v) is 2.40.